The van der Waals surface area contributed by atoms with Crippen molar-refractivity contribution in [2.75, 3.05) is 6.54 Å². The second kappa shape index (κ2) is 3.03. The highest BCUT2D eigenvalue weighted by atomic mass is 16.5. The van der Waals surface area contributed by atoms with Crippen molar-refractivity contribution in [3.05, 3.63) is 0 Å². The lowest BCUT2D eigenvalue weighted by Crippen LogP contribution is -2.40. The highest BCUT2D eigenvalue weighted by Gasteiger charge is 2.40. The number of carbonyl (C=O) groups is 1. The van der Waals surface area contributed by atoms with E-state index in [2.05, 4.69) is 5.32 Å². The standard InChI is InChI=1S/C8H13NO3/c10-8(11)4-9-6-3-5-1-2-7(6)12-5/h5-7,9H,1-4H2,(H,10,11). The van der Waals surface area contributed by atoms with Crippen molar-refractivity contribution in [3.63, 3.8) is 0 Å². The minimum atomic E-state index is -0.794. The smallest absolute Gasteiger partial charge is 0.317 e. The third kappa shape index (κ3) is 1.44. The lowest BCUT2D eigenvalue weighted by Gasteiger charge is -2.18. The minimum Gasteiger partial charge on any atom is -0.480 e. The summed E-state index contributed by atoms with van der Waals surface area (Å²) in [5.74, 6) is -0.794. The van der Waals surface area contributed by atoms with Crippen molar-refractivity contribution in [2.45, 2.75) is 37.5 Å². The fourth-order valence-electron chi connectivity index (χ4n) is 2.07. The molecule has 0 aromatic carbocycles. The van der Waals surface area contributed by atoms with Crippen LogP contribution in [0.2, 0.25) is 0 Å². The van der Waals surface area contributed by atoms with Gasteiger partial charge in [-0.2, -0.15) is 0 Å². The van der Waals surface area contributed by atoms with E-state index in [-0.39, 0.29) is 18.7 Å². The molecule has 0 radical (unpaired) electrons. The summed E-state index contributed by atoms with van der Waals surface area (Å²) in [5.41, 5.74) is 0. The molecule has 3 unspecified atom stereocenters. The number of carboxylic acids is 1. The molecule has 2 bridgehead atoms. The Balaban J connectivity index is 1.79. The molecule has 4 nitrogen and oxygen atoms in total. The molecule has 2 rings (SSSR count). The Hall–Kier alpha value is -0.610. The molecule has 0 spiro atoms. The van der Waals surface area contributed by atoms with E-state index in [1.54, 1.807) is 0 Å². The zero-order valence-electron chi connectivity index (χ0n) is 6.82. The summed E-state index contributed by atoms with van der Waals surface area (Å²) >= 11 is 0. The summed E-state index contributed by atoms with van der Waals surface area (Å²) in [6, 6.07) is 0.278. The van der Waals surface area contributed by atoms with Gasteiger partial charge in [-0.1, -0.05) is 0 Å². The summed E-state index contributed by atoms with van der Waals surface area (Å²) < 4.78 is 5.56. The first-order chi connectivity index (χ1) is 5.75. The van der Waals surface area contributed by atoms with Crippen LogP contribution in [-0.2, 0) is 9.53 Å². The van der Waals surface area contributed by atoms with Gasteiger partial charge in [-0.05, 0) is 19.3 Å². The van der Waals surface area contributed by atoms with Gasteiger partial charge in [0.2, 0.25) is 0 Å². The van der Waals surface area contributed by atoms with Crippen molar-refractivity contribution in [1.82, 2.24) is 5.32 Å². The number of aliphatic carboxylic acids is 1. The molecule has 2 aliphatic rings. The molecule has 2 fully saturated rings. The van der Waals surface area contributed by atoms with Crippen LogP contribution in [0, 0.1) is 0 Å². The molecule has 2 aliphatic heterocycles. The SMILES string of the molecule is O=C(O)CNC1CC2CCC1O2. The van der Waals surface area contributed by atoms with Crippen LogP contribution >= 0.6 is 0 Å². The Kier molecular flexibility index (Phi) is 2.02. The lowest BCUT2D eigenvalue weighted by molar-refractivity contribution is -0.136. The van der Waals surface area contributed by atoms with Gasteiger partial charge in [-0.25, -0.2) is 0 Å². The zero-order valence-corrected chi connectivity index (χ0v) is 6.82. The minimum absolute atomic E-state index is 0.0528. The van der Waals surface area contributed by atoms with Gasteiger partial charge >= 0.3 is 5.97 Å². The van der Waals surface area contributed by atoms with Gasteiger partial charge in [0, 0.05) is 6.04 Å². The fraction of sp³-hybridized carbons (Fsp3) is 0.875. The first-order valence-electron chi connectivity index (χ1n) is 4.36. The van der Waals surface area contributed by atoms with Gasteiger partial charge in [-0.15, -0.1) is 0 Å². The van der Waals surface area contributed by atoms with E-state index in [1.807, 2.05) is 0 Å². The van der Waals surface area contributed by atoms with Crippen LogP contribution in [0.1, 0.15) is 19.3 Å². The molecule has 3 atom stereocenters. The Morgan fingerprint density at radius 3 is 2.92 bits per heavy atom. The molecule has 12 heavy (non-hydrogen) atoms. The molecule has 0 aromatic rings. The number of hydrogen-bond acceptors (Lipinski definition) is 3. The van der Waals surface area contributed by atoms with Crippen molar-refractivity contribution >= 4 is 5.97 Å². The number of carboxylic acid groups (broad SMARTS) is 1. The molecule has 2 N–H and O–H groups in total. The predicted octanol–water partition coefficient (Wildman–Crippen LogP) is -0.0195. The van der Waals surface area contributed by atoms with E-state index < -0.39 is 5.97 Å². The van der Waals surface area contributed by atoms with E-state index >= 15 is 0 Å². The van der Waals surface area contributed by atoms with Crippen molar-refractivity contribution in [1.29, 1.82) is 0 Å². The van der Waals surface area contributed by atoms with E-state index in [0.29, 0.717) is 6.10 Å². The lowest BCUT2D eigenvalue weighted by atomic mass is 9.95. The van der Waals surface area contributed by atoms with Gasteiger partial charge in [0.25, 0.3) is 0 Å². The molecule has 0 saturated carbocycles. The first kappa shape index (κ1) is 8.01. The highest BCUT2D eigenvalue weighted by molar-refractivity contribution is 5.69. The molecule has 0 aliphatic carbocycles. The number of nitrogens with one attached hydrogen (secondary N) is 1. The second-order valence-corrected chi connectivity index (χ2v) is 3.49. The summed E-state index contributed by atoms with van der Waals surface area (Å²) in [7, 11) is 0. The maximum Gasteiger partial charge on any atom is 0.317 e. The topological polar surface area (TPSA) is 58.6 Å². The van der Waals surface area contributed by atoms with E-state index in [0.717, 1.165) is 19.3 Å². The Bertz CT molecular complexity index is 195. The second-order valence-electron chi connectivity index (χ2n) is 3.49. The summed E-state index contributed by atoms with van der Waals surface area (Å²) in [4.78, 5) is 10.3. The first-order valence-corrected chi connectivity index (χ1v) is 4.36. The van der Waals surface area contributed by atoms with Gasteiger partial charge in [-0.3, -0.25) is 4.79 Å². The molecule has 0 amide bonds. The predicted molar refractivity (Wildman–Crippen MR) is 41.9 cm³/mol. The maximum absolute atomic E-state index is 10.3. The van der Waals surface area contributed by atoms with E-state index in [9.17, 15) is 4.79 Å². The maximum atomic E-state index is 10.3. The van der Waals surface area contributed by atoms with Gasteiger partial charge in [0.05, 0.1) is 18.8 Å². The van der Waals surface area contributed by atoms with Gasteiger partial charge in [0.1, 0.15) is 0 Å². The zero-order chi connectivity index (χ0) is 8.55. The summed E-state index contributed by atoms with van der Waals surface area (Å²) in [5, 5.41) is 11.4. The molecule has 2 heterocycles. The van der Waals surface area contributed by atoms with Gasteiger partial charge in [0.15, 0.2) is 0 Å². The Morgan fingerprint density at radius 1 is 1.58 bits per heavy atom. The van der Waals surface area contributed by atoms with Crippen molar-refractivity contribution in [3.8, 4) is 0 Å². The average molecular weight is 171 g/mol. The largest absolute Gasteiger partial charge is 0.480 e. The number of ether oxygens (including phenoxy) is 1. The fourth-order valence-corrected chi connectivity index (χ4v) is 2.07. The quantitative estimate of drug-likeness (QED) is 0.626. The number of hydrogen-bond donors (Lipinski definition) is 2. The Labute approximate surface area is 70.9 Å². The molecular weight excluding hydrogens is 158 g/mol. The summed E-state index contributed by atoms with van der Waals surface area (Å²) in [6.45, 7) is 0.0528. The van der Waals surface area contributed by atoms with Crippen LogP contribution in [0.25, 0.3) is 0 Å². The molecular formula is C8H13NO3. The van der Waals surface area contributed by atoms with E-state index in [1.165, 1.54) is 0 Å². The van der Waals surface area contributed by atoms with Crippen molar-refractivity contribution in [2.24, 2.45) is 0 Å². The Morgan fingerprint density at radius 2 is 2.42 bits per heavy atom. The molecule has 68 valence electrons. The van der Waals surface area contributed by atoms with Crippen LogP contribution in [0.5, 0.6) is 0 Å². The monoisotopic (exact) mass is 171 g/mol. The average Bonchev–Trinajstić information content (AvgIpc) is 2.60. The van der Waals surface area contributed by atoms with Crippen LogP contribution in [0.15, 0.2) is 0 Å². The van der Waals surface area contributed by atoms with Crippen LogP contribution < -0.4 is 5.32 Å². The third-order valence-corrected chi connectivity index (χ3v) is 2.62. The van der Waals surface area contributed by atoms with Gasteiger partial charge < -0.3 is 15.2 Å². The van der Waals surface area contributed by atoms with Crippen LogP contribution in [0.3, 0.4) is 0 Å². The van der Waals surface area contributed by atoms with E-state index in [4.69, 9.17) is 9.84 Å². The molecule has 2 saturated heterocycles. The third-order valence-electron chi connectivity index (χ3n) is 2.62. The number of fused-ring (bicyclic) bond motifs is 2. The van der Waals surface area contributed by atoms with Crippen molar-refractivity contribution < 1.29 is 14.6 Å². The molecule has 0 aromatic heterocycles. The highest BCUT2D eigenvalue weighted by Crippen LogP contribution is 2.34. The molecule has 4 heteroatoms. The normalized spacial score (nSPS) is 38.8. The van der Waals surface area contributed by atoms with Crippen LogP contribution in [-0.4, -0.2) is 35.9 Å². The summed E-state index contributed by atoms with van der Waals surface area (Å²) in [6.07, 6.45) is 3.88. The van der Waals surface area contributed by atoms with Crippen LogP contribution in [0.4, 0.5) is 0 Å². The number of rotatable bonds is 3.